The summed E-state index contributed by atoms with van der Waals surface area (Å²) in [5.41, 5.74) is 4.75. The van der Waals surface area contributed by atoms with Crippen molar-refractivity contribution in [3.8, 4) is 0 Å². The van der Waals surface area contributed by atoms with Crippen LogP contribution in [0.3, 0.4) is 0 Å². The van der Waals surface area contributed by atoms with Gasteiger partial charge in [0, 0.05) is 4.88 Å². The number of thiophene rings is 1. The van der Waals surface area contributed by atoms with Crippen molar-refractivity contribution in [1.82, 2.24) is 4.90 Å². The zero-order valence-corrected chi connectivity index (χ0v) is 15.7. The number of aryl methyl sites for hydroxylation is 2. The van der Waals surface area contributed by atoms with E-state index in [0.29, 0.717) is 0 Å². The second kappa shape index (κ2) is 7.41. The number of likely N-dealkylation sites (tertiary alicyclic amines) is 1. The Morgan fingerprint density at radius 1 is 1.04 bits per heavy atom. The first-order valence-corrected chi connectivity index (χ1v) is 10.5. The van der Waals surface area contributed by atoms with Crippen LogP contribution in [-0.2, 0) is 6.42 Å². The van der Waals surface area contributed by atoms with E-state index in [1.54, 1.807) is 16.0 Å². The van der Waals surface area contributed by atoms with Crippen molar-refractivity contribution < 1.29 is 0 Å². The van der Waals surface area contributed by atoms with Crippen LogP contribution in [0.2, 0.25) is 0 Å². The Morgan fingerprint density at radius 2 is 1.88 bits per heavy atom. The zero-order valence-electron chi connectivity index (χ0n) is 14.8. The lowest BCUT2D eigenvalue weighted by molar-refractivity contribution is 0.203. The van der Waals surface area contributed by atoms with Crippen LogP contribution in [-0.4, -0.2) is 24.5 Å². The maximum absolute atomic E-state index is 2.72. The molecule has 2 heterocycles. The van der Waals surface area contributed by atoms with Crippen molar-refractivity contribution in [3.63, 3.8) is 0 Å². The van der Waals surface area contributed by atoms with Crippen LogP contribution in [0.1, 0.15) is 65.5 Å². The molecule has 1 aromatic heterocycles. The van der Waals surface area contributed by atoms with Crippen molar-refractivity contribution in [2.24, 2.45) is 0 Å². The van der Waals surface area contributed by atoms with Gasteiger partial charge in [0.05, 0.1) is 0 Å². The molecule has 0 N–H and O–H groups in total. The molecule has 1 aliphatic carbocycles. The largest absolute Gasteiger partial charge is 0.303 e. The molecule has 1 aliphatic heterocycles. The second-order valence-electron chi connectivity index (χ2n) is 7.65. The lowest BCUT2D eigenvalue weighted by Crippen LogP contribution is -2.34. The summed E-state index contributed by atoms with van der Waals surface area (Å²) in [5, 5.41) is 2.30. The van der Waals surface area contributed by atoms with Gasteiger partial charge in [0.1, 0.15) is 0 Å². The van der Waals surface area contributed by atoms with Crippen molar-refractivity contribution in [2.75, 3.05) is 19.6 Å². The Hall–Kier alpha value is -1.12. The fourth-order valence-corrected chi connectivity index (χ4v) is 5.74. The van der Waals surface area contributed by atoms with Gasteiger partial charge in [0.2, 0.25) is 0 Å². The Labute approximate surface area is 150 Å². The molecule has 1 aromatic carbocycles. The Kier molecular flexibility index (Phi) is 5.05. The fraction of sp³-hybridized carbons (Fsp3) is 0.545. The zero-order chi connectivity index (χ0) is 16.4. The lowest BCUT2D eigenvalue weighted by atomic mass is 9.84. The smallest absolute Gasteiger partial charge is 0.00800 e. The van der Waals surface area contributed by atoms with Gasteiger partial charge in [0.15, 0.2) is 0 Å². The van der Waals surface area contributed by atoms with Crippen LogP contribution in [0.5, 0.6) is 0 Å². The average Bonchev–Trinajstić information content (AvgIpc) is 3.10. The molecule has 0 spiro atoms. The van der Waals surface area contributed by atoms with Gasteiger partial charge in [-0.1, -0.05) is 24.3 Å². The molecular weight excluding hydrogens is 310 g/mol. The molecule has 0 radical (unpaired) electrons. The summed E-state index contributed by atoms with van der Waals surface area (Å²) in [6.07, 6.45) is 8.15. The molecule has 0 amide bonds. The molecular formula is C22H29NS. The minimum atomic E-state index is 0.778. The van der Waals surface area contributed by atoms with E-state index in [2.05, 4.69) is 47.5 Å². The summed E-state index contributed by atoms with van der Waals surface area (Å²) in [5.74, 6) is 1.61. The second-order valence-corrected chi connectivity index (χ2v) is 8.65. The van der Waals surface area contributed by atoms with Crippen molar-refractivity contribution in [1.29, 1.82) is 0 Å². The molecule has 1 nitrogen and oxygen atoms in total. The third kappa shape index (κ3) is 3.45. The van der Waals surface area contributed by atoms with E-state index in [1.807, 2.05) is 11.3 Å². The molecule has 0 saturated carbocycles. The van der Waals surface area contributed by atoms with Crippen LogP contribution in [0, 0.1) is 6.92 Å². The number of hydrogen-bond acceptors (Lipinski definition) is 2. The van der Waals surface area contributed by atoms with Gasteiger partial charge in [-0.15, -0.1) is 11.3 Å². The van der Waals surface area contributed by atoms with Gasteiger partial charge < -0.3 is 4.90 Å². The number of nitrogens with zero attached hydrogens (tertiary/aromatic N) is 1. The fourth-order valence-electron chi connectivity index (χ4n) is 4.73. The highest BCUT2D eigenvalue weighted by molar-refractivity contribution is 7.10. The molecule has 0 bridgehead atoms. The van der Waals surface area contributed by atoms with E-state index in [-0.39, 0.29) is 0 Å². The summed E-state index contributed by atoms with van der Waals surface area (Å²) in [4.78, 5) is 4.39. The van der Waals surface area contributed by atoms with Gasteiger partial charge in [-0.25, -0.2) is 0 Å². The maximum Gasteiger partial charge on any atom is 0.00800 e. The van der Waals surface area contributed by atoms with E-state index >= 15 is 0 Å². The van der Waals surface area contributed by atoms with Crippen LogP contribution < -0.4 is 0 Å². The first-order chi connectivity index (χ1) is 11.8. The normalized spacial score (nSPS) is 22.5. The summed E-state index contributed by atoms with van der Waals surface area (Å²) >= 11 is 1.98. The predicted octanol–water partition coefficient (Wildman–Crippen LogP) is 5.75. The SMILES string of the molecule is Cc1ccccc1C1CCN(CCC2CCCc3sccc32)CC1. The highest BCUT2D eigenvalue weighted by Gasteiger charge is 2.24. The summed E-state index contributed by atoms with van der Waals surface area (Å²) < 4.78 is 0. The number of piperidine rings is 1. The highest BCUT2D eigenvalue weighted by atomic mass is 32.1. The number of fused-ring (bicyclic) bond motifs is 1. The van der Waals surface area contributed by atoms with Gasteiger partial charge in [-0.3, -0.25) is 0 Å². The Balaban J connectivity index is 1.29. The van der Waals surface area contributed by atoms with Crippen LogP contribution in [0.25, 0.3) is 0 Å². The summed E-state index contributed by atoms with van der Waals surface area (Å²) in [6, 6.07) is 11.4. The third-order valence-electron chi connectivity index (χ3n) is 6.19. The highest BCUT2D eigenvalue weighted by Crippen LogP contribution is 2.37. The molecule has 4 rings (SSSR count). The quantitative estimate of drug-likeness (QED) is 0.686. The average molecular weight is 340 g/mol. The lowest BCUT2D eigenvalue weighted by Gasteiger charge is -2.34. The van der Waals surface area contributed by atoms with Crippen LogP contribution >= 0.6 is 11.3 Å². The van der Waals surface area contributed by atoms with Gasteiger partial charge in [0.25, 0.3) is 0 Å². The first kappa shape index (κ1) is 16.4. The molecule has 1 unspecified atom stereocenters. The number of rotatable bonds is 4. The Morgan fingerprint density at radius 3 is 2.71 bits per heavy atom. The van der Waals surface area contributed by atoms with Gasteiger partial charge >= 0.3 is 0 Å². The summed E-state index contributed by atoms with van der Waals surface area (Å²) in [6.45, 7) is 6.12. The van der Waals surface area contributed by atoms with E-state index in [9.17, 15) is 0 Å². The number of benzene rings is 1. The first-order valence-electron chi connectivity index (χ1n) is 9.65. The predicted molar refractivity (Wildman–Crippen MR) is 104 cm³/mol. The van der Waals surface area contributed by atoms with E-state index in [1.165, 1.54) is 63.7 Å². The maximum atomic E-state index is 2.72. The van der Waals surface area contributed by atoms with Crippen molar-refractivity contribution >= 4 is 11.3 Å². The summed E-state index contributed by atoms with van der Waals surface area (Å²) in [7, 11) is 0. The third-order valence-corrected chi connectivity index (χ3v) is 7.18. The molecule has 1 fully saturated rings. The minimum absolute atomic E-state index is 0.778. The molecule has 1 saturated heterocycles. The van der Waals surface area contributed by atoms with Crippen LogP contribution in [0.4, 0.5) is 0 Å². The van der Waals surface area contributed by atoms with Gasteiger partial charge in [-0.05, 0) is 105 Å². The van der Waals surface area contributed by atoms with Crippen LogP contribution in [0.15, 0.2) is 35.7 Å². The molecule has 128 valence electrons. The monoisotopic (exact) mass is 339 g/mol. The minimum Gasteiger partial charge on any atom is -0.303 e. The standard InChI is InChI=1S/C22H29NS/c1-17-5-2-3-7-20(17)19-10-14-23(15-11-19)13-9-18-6-4-8-22-21(18)12-16-24-22/h2-3,5,7,12,16,18-19H,4,6,8-11,13-15H2,1H3. The van der Waals surface area contributed by atoms with Gasteiger partial charge in [-0.2, -0.15) is 0 Å². The van der Waals surface area contributed by atoms with E-state index in [0.717, 1.165) is 11.8 Å². The molecule has 2 aromatic rings. The molecule has 24 heavy (non-hydrogen) atoms. The van der Waals surface area contributed by atoms with Crippen molar-refractivity contribution in [2.45, 2.75) is 57.3 Å². The molecule has 1 atom stereocenters. The molecule has 2 heteroatoms. The van der Waals surface area contributed by atoms with E-state index in [4.69, 9.17) is 0 Å². The van der Waals surface area contributed by atoms with Crippen molar-refractivity contribution in [3.05, 3.63) is 57.3 Å². The van der Waals surface area contributed by atoms with E-state index < -0.39 is 0 Å². The topological polar surface area (TPSA) is 3.24 Å². The molecule has 2 aliphatic rings. The number of hydrogen-bond donors (Lipinski definition) is 0. The Bertz CT molecular complexity index is 666.